The lowest BCUT2D eigenvalue weighted by Gasteiger charge is -2.18. The molecule has 5 heteroatoms. The highest BCUT2D eigenvalue weighted by Crippen LogP contribution is 2.28. The Morgan fingerprint density at radius 1 is 1.21 bits per heavy atom. The summed E-state index contributed by atoms with van der Waals surface area (Å²) in [6.07, 6.45) is 1.78. The molecule has 0 aliphatic heterocycles. The number of nitrogens with two attached hydrogens (primary N) is 1. The second kappa shape index (κ2) is 5.86. The highest BCUT2D eigenvalue weighted by molar-refractivity contribution is 9.10. The molecular weight excluding hydrogens is 304 g/mol. The second-order valence-corrected chi connectivity index (χ2v) is 5.78. The van der Waals surface area contributed by atoms with Crippen molar-refractivity contribution in [2.45, 2.75) is 25.8 Å². The molecule has 1 aromatic carbocycles. The molecule has 1 unspecified atom stereocenters. The number of nitrogens with one attached hydrogen (secondary N) is 1. The van der Waals surface area contributed by atoms with Crippen LogP contribution in [0, 0.1) is 0 Å². The van der Waals surface area contributed by atoms with Gasteiger partial charge >= 0.3 is 0 Å². The molecule has 0 radical (unpaired) electrons. The van der Waals surface area contributed by atoms with Gasteiger partial charge in [-0.05, 0) is 33.0 Å². The van der Waals surface area contributed by atoms with Crippen molar-refractivity contribution in [3.8, 4) is 0 Å². The van der Waals surface area contributed by atoms with Crippen LogP contribution < -0.4 is 11.3 Å². The van der Waals surface area contributed by atoms with Crippen molar-refractivity contribution in [3.63, 3.8) is 0 Å². The molecule has 0 spiro atoms. The Morgan fingerprint density at radius 2 is 1.79 bits per heavy atom. The summed E-state index contributed by atoms with van der Waals surface area (Å²) in [6, 6.07) is 8.44. The molecule has 0 amide bonds. The number of benzene rings is 1. The molecule has 0 bridgehead atoms. The number of hydrazine groups is 1. The molecule has 0 aliphatic rings. The maximum Gasteiger partial charge on any atom is 0.0889 e. The monoisotopic (exact) mass is 322 g/mol. The third-order valence-corrected chi connectivity index (χ3v) is 3.93. The van der Waals surface area contributed by atoms with Gasteiger partial charge in [0.15, 0.2) is 0 Å². The molecular formula is C14H19BrN4. The van der Waals surface area contributed by atoms with Crippen molar-refractivity contribution in [1.82, 2.24) is 15.2 Å². The summed E-state index contributed by atoms with van der Waals surface area (Å²) in [5.74, 6) is 6.25. The third-order valence-electron chi connectivity index (χ3n) is 3.31. The largest absolute Gasteiger partial charge is 0.271 e. The lowest BCUT2D eigenvalue weighted by atomic mass is 9.98. The highest BCUT2D eigenvalue weighted by atomic mass is 79.9. The van der Waals surface area contributed by atoms with E-state index in [9.17, 15) is 0 Å². The Kier molecular flexibility index (Phi) is 4.39. The first kappa shape index (κ1) is 14.2. The molecule has 2 rings (SSSR count). The van der Waals surface area contributed by atoms with Gasteiger partial charge in [0.1, 0.15) is 0 Å². The summed E-state index contributed by atoms with van der Waals surface area (Å²) in [7, 11) is 1.91. The van der Waals surface area contributed by atoms with E-state index in [-0.39, 0.29) is 6.04 Å². The van der Waals surface area contributed by atoms with Gasteiger partial charge in [0, 0.05) is 7.05 Å². The van der Waals surface area contributed by atoms with Gasteiger partial charge in [-0.3, -0.25) is 10.5 Å². The predicted molar refractivity (Wildman–Crippen MR) is 80.6 cm³/mol. The summed E-state index contributed by atoms with van der Waals surface area (Å²) in [4.78, 5) is 0. The average Bonchev–Trinajstić information content (AvgIpc) is 2.72. The van der Waals surface area contributed by atoms with Gasteiger partial charge in [0.05, 0.1) is 22.4 Å². The minimum Gasteiger partial charge on any atom is -0.271 e. The van der Waals surface area contributed by atoms with Crippen LogP contribution in [0.25, 0.3) is 0 Å². The van der Waals surface area contributed by atoms with E-state index in [0.717, 1.165) is 15.7 Å². The predicted octanol–water partition coefficient (Wildman–Crippen LogP) is 2.86. The molecule has 4 nitrogen and oxygen atoms in total. The first-order valence-corrected chi connectivity index (χ1v) is 7.07. The highest BCUT2D eigenvalue weighted by Gasteiger charge is 2.19. The average molecular weight is 323 g/mol. The van der Waals surface area contributed by atoms with Crippen molar-refractivity contribution in [1.29, 1.82) is 0 Å². The normalized spacial score (nSPS) is 12.9. The van der Waals surface area contributed by atoms with Crippen molar-refractivity contribution >= 4 is 15.9 Å². The van der Waals surface area contributed by atoms with Crippen molar-refractivity contribution in [3.05, 3.63) is 51.8 Å². The van der Waals surface area contributed by atoms with E-state index in [0.29, 0.717) is 5.92 Å². The van der Waals surface area contributed by atoms with E-state index in [4.69, 9.17) is 5.84 Å². The molecule has 0 saturated heterocycles. The number of hydrogen-bond acceptors (Lipinski definition) is 3. The summed E-state index contributed by atoms with van der Waals surface area (Å²) in [5.41, 5.74) is 6.32. The Morgan fingerprint density at radius 3 is 2.21 bits per heavy atom. The zero-order valence-corrected chi connectivity index (χ0v) is 13.0. The molecule has 2 aromatic rings. The van der Waals surface area contributed by atoms with Crippen LogP contribution >= 0.6 is 15.9 Å². The van der Waals surface area contributed by atoms with Gasteiger partial charge < -0.3 is 0 Å². The Bertz CT molecular complexity index is 526. The zero-order valence-electron chi connectivity index (χ0n) is 11.4. The number of rotatable bonds is 4. The lowest BCUT2D eigenvalue weighted by molar-refractivity contribution is 0.573. The van der Waals surface area contributed by atoms with Crippen molar-refractivity contribution < 1.29 is 0 Å². The Labute approximate surface area is 122 Å². The van der Waals surface area contributed by atoms with Crippen molar-refractivity contribution in [2.75, 3.05) is 0 Å². The van der Waals surface area contributed by atoms with Gasteiger partial charge in [0.25, 0.3) is 0 Å². The molecule has 19 heavy (non-hydrogen) atoms. The fraction of sp³-hybridized carbons (Fsp3) is 0.357. The quantitative estimate of drug-likeness (QED) is 0.672. The fourth-order valence-corrected chi connectivity index (χ4v) is 2.73. The van der Waals surface area contributed by atoms with Crippen LogP contribution in [0.2, 0.25) is 0 Å². The van der Waals surface area contributed by atoms with Crippen LogP contribution in [0.4, 0.5) is 0 Å². The number of nitrogens with zero attached hydrogens (tertiary/aromatic N) is 2. The summed E-state index contributed by atoms with van der Waals surface area (Å²) >= 11 is 3.51. The van der Waals surface area contributed by atoms with Crippen LogP contribution in [0.3, 0.4) is 0 Å². The van der Waals surface area contributed by atoms with Crippen LogP contribution in [-0.4, -0.2) is 9.78 Å². The van der Waals surface area contributed by atoms with Crippen molar-refractivity contribution in [2.24, 2.45) is 12.9 Å². The smallest absolute Gasteiger partial charge is 0.0889 e. The third kappa shape index (κ3) is 2.88. The minimum atomic E-state index is -0.0805. The minimum absolute atomic E-state index is 0.0805. The van der Waals surface area contributed by atoms with Gasteiger partial charge in [-0.2, -0.15) is 5.10 Å². The summed E-state index contributed by atoms with van der Waals surface area (Å²) in [5, 5.41) is 4.23. The molecule has 0 saturated carbocycles. The topological polar surface area (TPSA) is 55.9 Å². The van der Waals surface area contributed by atoms with Gasteiger partial charge in [-0.1, -0.05) is 38.1 Å². The SMILES string of the molecule is CC(C)c1ccc(C(NN)c2c(Br)cnn2C)cc1. The molecule has 0 aliphatic carbocycles. The molecule has 3 N–H and O–H groups in total. The molecule has 1 heterocycles. The van der Waals surface area contributed by atoms with E-state index < -0.39 is 0 Å². The second-order valence-electron chi connectivity index (χ2n) is 4.92. The molecule has 102 valence electrons. The van der Waals surface area contributed by atoms with Crippen LogP contribution in [0.1, 0.15) is 42.6 Å². The van der Waals surface area contributed by atoms with Crippen LogP contribution in [0.15, 0.2) is 34.9 Å². The zero-order chi connectivity index (χ0) is 14.0. The molecule has 1 atom stereocenters. The van der Waals surface area contributed by atoms with Gasteiger partial charge in [0.2, 0.25) is 0 Å². The first-order valence-electron chi connectivity index (χ1n) is 6.28. The first-order chi connectivity index (χ1) is 9.04. The molecule has 1 aromatic heterocycles. The van der Waals surface area contributed by atoms with Gasteiger partial charge in [-0.15, -0.1) is 0 Å². The van der Waals surface area contributed by atoms with Crippen LogP contribution in [0.5, 0.6) is 0 Å². The van der Waals surface area contributed by atoms with E-state index in [1.807, 2.05) is 11.7 Å². The number of halogens is 1. The standard InChI is InChI=1S/C14H19BrN4/c1-9(2)10-4-6-11(7-5-10)13(18-16)14-12(15)8-17-19(14)3/h4-9,13,18H,16H2,1-3H3. The number of hydrogen-bond donors (Lipinski definition) is 2. The lowest BCUT2D eigenvalue weighted by Crippen LogP contribution is -2.30. The van der Waals surface area contributed by atoms with E-state index in [1.54, 1.807) is 6.20 Å². The van der Waals surface area contributed by atoms with E-state index in [1.165, 1.54) is 5.56 Å². The van der Waals surface area contributed by atoms with Gasteiger partial charge in [-0.25, -0.2) is 5.43 Å². The van der Waals surface area contributed by atoms with E-state index in [2.05, 4.69) is 64.6 Å². The van der Waals surface area contributed by atoms with Crippen LogP contribution in [-0.2, 0) is 7.05 Å². The number of aryl methyl sites for hydroxylation is 1. The Hall–Kier alpha value is -1.17. The Balaban J connectivity index is 2.37. The maximum atomic E-state index is 5.72. The fourth-order valence-electron chi connectivity index (χ4n) is 2.15. The molecule has 0 fully saturated rings. The summed E-state index contributed by atoms with van der Waals surface area (Å²) in [6.45, 7) is 4.37. The summed E-state index contributed by atoms with van der Waals surface area (Å²) < 4.78 is 2.77. The van der Waals surface area contributed by atoms with E-state index >= 15 is 0 Å². The maximum absolute atomic E-state index is 5.72. The number of aromatic nitrogens is 2.